The molecule has 0 amide bonds. The fourth-order valence-electron chi connectivity index (χ4n) is 1.05. The third-order valence-electron chi connectivity index (χ3n) is 1.77. The summed E-state index contributed by atoms with van der Waals surface area (Å²) in [5.41, 5.74) is -1.01. The van der Waals surface area contributed by atoms with Gasteiger partial charge in [0.15, 0.2) is 12.6 Å². The van der Waals surface area contributed by atoms with Crippen molar-refractivity contribution in [1.82, 2.24) is 0 Å². The molecule has 0 aliphatic carbocycles. The van der Waals surface area contributed by atoms with Crippen LogP contribution in [-0.4, -0.2) is 12.6 Å². The molecule has 1 aromatic rings. The van der Waals surface area contributed by atoms with Crippen molar-refractivity contribution in [3.8, 4) is 11.8 Å². The quantitative estimate of drug-likeness (QED) is 0.542. The molecule has 0 saturated heterocycles. The van der Waals surface area contributed by atoms with Crippen LogP contribution in [0.15, 0.2) is 18.2 Å². The predicted molar refractivity (Wildman–Crippen MR) is 49.8 cm³/mol. The van der Waals surface area contributed by atoms with Crippen molar-refractivity contribution in [3.63, 3.8) is 0 Å². The molecule has 0 aliphatic rings. The Morgan fingerprint density at radius 1 is 1.19 bits per heavy atom. The Morgan fingerprint density at radius 3 is 2.38 bits per heavy atom. The molecule has 0 atom stereocenters. The topological polar surface area (TPSA) is 34.1 Å². The van der Waals surface area contributed by atoms with E-state index >= 15 is 0 Å². The molecule has 2 nitrogen and oxygen atoms in total. The van der Waals surface area contributed by atoms with Gasteiger partial charge in [-0.1, -0.05) is 5.92 Å². The summed E-state index contributed by atoms with van der Waals surface area (Å²) in [6.45, 7) is 0. The highest BCUT2D eigenvalue weighted by Gasteiger charge is 2.30. The number of hydrogen-bond acceptors (Lipinski definition) is 2. The smallest absolute Gasteiger partial charge is 0.298 e. The Balaban J connectivity index is 3.32. The Bertz CT molecular complexity index is 478. The summed E-state index contributed by atoms with van der Waals surface area (Å²) in [6.07, 6.45) is -3.87. The molecule has 0 radical (unpaired) electrons. The summed E-state index contributed by atoms with van der Waals surface area (Å²) < 4.78 is 37.0. The molecule has 82 valence electrons. The monoisotopic (exact) mass is 226 g/mol. The Labute approximate surface area is 89.1 Å². The number of carbonyl (C=O) groups is 2. The maximum atomic E-state index is 12.3. The van der Waals surface area contributed by atoms with Gasteiger partial charge in [0.1, 0.15) is 0 Å². The fraction of sp³-hybridized carbons (Fsp3) is 0.0909. The van der Waals surface area contributed by atoms with Crippen LogP contribution in [0, 0.1) is 11.8 Å². The van der Waals surface area contributed by atoms with E-state index in [-0.39, 0.29) is 17.4 Å². The molecule has 0 heterocycles. The number of hydrogen-bond donors (Lipinski definition) is 0. The zero-order valence-electron chi connectivity index (χ0n) is 7.84. The first kappa shape index (κ1) is 12.0. The number of carbonyl (C=O) groups excluding carboxylic acids is 2. The van der Waals surface area contributed by atoms with E-state index in [0.717, 1.165) is 18.2 Å². The van der Waals surface area contributed by atoms with Gasteiger partial charge in [-0.25, -0.2) is 0 Å². The van der Waals surface area contributed by atoms with Crippen molar-refractivity contribution in [2.45, 2.75) is 6.18 Å². The minimum Gasteiger partial charge on any atom is -0.298 e. The zero-order valence-corrected chi connectivity index (χ0v) is 7.84. The van der Waals surface area contributed by atoms with Gasteiger partial charge < -0.3 is 0 Å². The molecular weight excluding hydrogens is 221 g/mol. The summed E-state index contributed by atoms with van der Waals surface area (Å²) in [5.74, 6) is 4.14. The van der Waals surface area contributed by atoms with E-state index in [4.69, 9.17) is 0 Å². The number of benzene rings is 1. The van der Waals surface area contributed by atoms with Crippen molar-refractivity contribution in [2.24, 2.45) is 0 Å². The lowest BCUT2D eigenvalue weighted by Gasteiger charge is -2.07. The SMILES string of the molecule is O=CC#Cc1cc(C(F)(F)F)ccc1C=O. The summed E-state index contributed by atoms with van der Waals surface area (Å²) in [6, 6.07) is 2.54. The van der Waals surface area contributed by atoms with Crippen molar-refractivity contribution in [1.29, 1.82) is 0 Å². The maximum absolute atomic E-state index is 12.3. The first-order valence-corrected chi connectivity index (χ1v) is 4.10. The lowest BCUT2D eigenvalue weighted by molar-refractivity contribution is -0.137. The van der Waals surface area contributed by atoms with Crippen LogP contribution in [0.5, 0.6) is 0 Å². The lowest BCUT2D eigenvalue weighted by Crippen LogP contribution is -2.05. The van der Waals surface area contributed by atoms with E-state index in [9.17, 15) is 22.8 Å². The average Bonchev–Trinajstić information content (AvgIpc) is 2.24. The molecule has 1 rings (SSSR count). The number of alkyl halides is 3. The molecule has 0 unspecified atom stereocenters. The van der Waals surface area contributed by atoms with Gasteiger partial charge >= 0.3 is 6.18 Å². The molecule has 0 saturated carbocycles. The first-order chi connectivity index (χ1) is 7.49. The van der Waals surface area contributed by atoms with Gasteiger partial charge in [-0.05, 0) is 24.1 Å². The van der Waals surface area contributed by atoms with Gasteiger partial charge in [-0.3, -0.25) is 9.59 Å². The normalized spacial score (nSPS) is 10.2. The molecule has 0 spiro atoms. The second kappa shape index (κ2) is 4.62. The Hall–Kier alpha value is -2.09. The predicted octanol–water partition coefficient (Wildman–Crippen LogP) is 2.07. The Morgan fingerprint density at radius 2 is 1.88 bits per heavy atom. The van der Waals surface area contributed by atoms with E-state index in [0.29, 0.717) is 6.29 Å². The number of halogens is 3. The average molecular weight is 226 g/mol. The van der Waals surface area contributed by atoms with E-state index < -0.39 is 11.7 Å². The van der Waals surface area contributed by atoms with E-state index in [1.165, 1.54) is 0 Å². The summed E-state index contributed by atoms with van der Waals surface area (Å²) in [4.78, 5) is 20.5. The highest BCUT2D eigenvalue weighted by Crippen LogP contribution is 2.30. The molecule has 16 heavy (non-hydrogen) atoms. The summed E-state index contributed by atoms with van der Waals surface area (Å²) >= 11 is 0. The minimum atomic E-state index is -4.50. The van der Waals surface area contributed by atoms with Crippen molar-refractivity contribution in [2.75, 3.05) is 0 Å². The molecule has 0 aliphatic heterocycles. The molecule has 0 aromatic heterocycles. The number of aldehydes is 2. The van der Waals surface area contributed by atoms with Crippen LogP contribution in [-0.2, 0) is 11.0 Å². The summed E-state index contributed by atoms with van der Waals surface area (Å²) in [5, 5.41) is 0. The molecular formula is C11H5F3O2. The van der Waals surface area contributed by atoms with Crippen molar-refractivity contribution >= 4 is 12.6 Å². The van der Waals surface area contributed by atoms with Crippen LogP contribution >= 0.6 is 0 Å². The van der Waals surface area contributed by atoms with Gasteiger partial charge in [-0.15, -0.1) is 0 Å². The van der Waals surface area contributed by atoms with Gasteiger partial charge in [0.2, 0.25) is 0 Å². The minimum absolute atomic E-state index is 0.0161. The maximum Gasteiger partial charge on any atom is 0.416 e. The van der Waals surface area contributed by atoms with Gasteiger partial charge in [-0.2, -0.15) is 13.2 Å². The molecule has 1 aromatic carbocycles. The third-order valence-corrected chi connectivity index (χ3v) is 1.77. The fourth-order valence-corrected chi connectivity index (χ4v) is 1.05. The summed E-state index contributed by atoms with van der Waals surface area (Å²) in [7, 11) is 0. The lowest BCUT2D eigenvalue weighted by atomic mass is 10.0. The van der Waals surface area contributed by atoms with E-state index in [1.807, 2.05) is 5.92 Å². The van der Waals surface area contributed by atoms with Crippen LogP contribution in [0.25, 0.3) is 0 Å². The van der Waals surface area contributed by atoms with Crippen molar-refractivity contribution in [3.05, 3.63) is 34.9 Å². The third kappa shape index (κ3) is 2.70. The van der Waals surface area contributed by atoms with Crippen LogP contribution in [0.4, 0.5) is 13.2 Å². The second-order valence-electron chi connectivity index (χ2n) is 2.80. The second-order valence-corrected chi connectivity index (χ2v) is 2.80. The number of rotatable bonds is 1. The Kier molecular flexibility index (Phi) is 3.46. The van der Waals surface area contributed by atoms with Gasteiger partial charge in [0, 0.05) is 11.1 Å². The molecule has 5 heteroatoms. The van der Waals surface area contributed by atoms with Gasteiger partial charge in [0.05, 0.1) is 5.56 Å². The van der Waals surface area contributed by atoms with E-state index in [2.05, 4.69) is 5.92 Å². The van der Waals surface area contributed by atoms with Crippen molar-refractivity contribution < 1.29 is 22.8 Å². The molecule has 0 bridgehead atoms. The zero-order chi connectivity index (χ0) is 12.2. The molecule has 0 fully saturated rings. The van der Waals surface area contributed by atoms with Crippen LogP contribution in [0.2, 0.25) is 0 Å². The standard InChI is InChI=1S/C11H5F3O2/c12-11(13,14)10-4-3-9(7-16)8(6-10)2-1-5-15/h3-7H. The first-order valence-electron chi connectivity index (χ1n) is 4.10. The van der Waals surface area contributed by atoms with Crippen LogP contribution in [0.3, 0.4) is 0 Å². The highest BCUT2D eigenvalue weighted by molar-refractivity contribution is 5.82. The van der Waals surface area contributed by atoms with Crippen LogP contribution in [0.1, 0.15) is 21.5 Å². The molecule has 0 N–H and O–H groups in total. The van der Waals surface area contributed by atoms with Gasteiger partial charge in [0.25, 0.3) is 0 Å². The highest BCUT2D eigenvalue weighted by atomic mass is 19.4. The largest absolute Gasteiger partial charge is 0.416 e. The van der Waals surface area contributed by atoms with Crippen LogP contribution < -0.4 is 0 Å². The van der Waals surface area contributed by atoms with E-state index in [1.54, 1.807) is 0 Å².